The quantitative estimate of drug-likeness (QED) is 0.768. The zero-order valence-electron chi connectivity index (χ0n) is 7.95. The van der Waals surface area contributed by atoms with Gasteiger partial charge in [-0.1, -0.05) is 6.07 Å². The van der Waals surface area contributed by atoms with Crippen LogP contribution in [-0.2, 0) is 11.3 Å². The molecule has 0 aromatic carbocycles. The lowest BCUT2D eigenvalue weighted by atomic mass is 10.3. The minimum Gasteiger partial charge on any atom is -0.350 e. The third-order valence-electron chi connectivity index (χ3n) is 1.65. The van der Waals surface area contributed by atoms with Crippen LogP contribution in [0.2, 0.25) is 0 Å². The minimum atomic E-state index is -0.268. The standard InChI is InChI=1S/C10H11N3O/c1-8-3-2-4-9(13-8)7-12-10(14)5-6-11/h2-4H,5,7H2,1H3,(H,12,14). The number of carbonyl (C=O) groups is 1. The molecule has 0 fully saturated rings. The molecule has 4 heteroatoms. The highest BCUT2D eigenvalue weighted by molar-refractivity contribution is 5.77. The predicted octanol–water partition coefficient (Wildman–Crippen LogP) is 0.920. The third-order valence-corrected chi connectivity index (χ3v) is 1.65. The van der Waals surface area contributed by atoms with E-state index in [0.29, 0.717) is 6.54 Å². The summed E-state index contributed by atoms with van der Waals surface area (Å²) in [6, 6.07) is 7.39. The lowest BCUT2D eigenvalue weighted by Crippen LogP contribution is -2.22. The summed E-state index contributed by atoms with van der Waals surface area (Å²) in [4.78, 5) is 15.1. The predicted molar refractivity (Wildman–Crippen MR) is 51.1 cm³/mol. The fourth-order valence-corrected chi connectivity index (χ4v) is 1.02. The van der Waals surface area contributed by atoms with Crippen LogP contribution in [0, 0.1) is 18.3 Å². The molecule has 1 heterocycles. The Morgan fingerprint density at radius 2 is 2.43 bits per heavy atom. The molecule has 0 unspecified atom stereocenters. The van der Waals surface area contributed by atoms with Crippen molar-refractivity contribution in [3.05, 3.63) is 29.6 Å². The highest BCUT2D eigenvalue weighted by atomic mass is 16.1. The lowest BCUT2D eigenvalue weighted by molar-refractivity contribution is -0.120. The maximum Gasteiger partial charge on any atom is 0.234 e. The first-order chi connectivity index (χ1) is 6.72. The lowest BCUT2D eigenvalue weighted by Gasteiger charge is -2.02. The summed E-state index contributed by atoms with van der Waals surface area (Å²) in [5.41, 5.74) is 1.72. The summed E-state index contributed by atoms with van der Waals surface area (Å²) in [7, 11) is 0. The molecule has 4 nitrogen and oxygen atoms in total. The maximum atomic E-state index is 10.9. The molecule has 0 spiro atoms. The monoisotopic (exact) mass is 189 g/mol. The first-order valence-corrected chi connectivity index (χ1v) is 4.28. The number of rotatable bonds is 3. The summed E-state index contributed by atoms with van der Waals surface area (Å²) < 4.78 is 0. The van der Waals surface area contributed by atoms with E-state index in [1.807, 2.05) is 25.1 Å². The van der Waals surface area contributed by atoms with E-state index in [-0.39, 0.29) is 12.3 Å². The molecule has 1 amide bonds. The second kappa shape index (κ2) is 4.97. The van der Waals surface area contributed by atoms with Crippen LogP contribution in [0.3, 0.4) is 0 Å². The van der Waals surface area contributed by atoms with Gasteiger partial charge in [-0.25, -0.2) is 0 Å². The summed E-state index contributed by atoms with van der Waals surface area (Å²) in [6.45, 7) is 2.27. The fourth-order valence-electron chi connectivity index (χ4n) is 1.02. The van der Waals surface area contributed by atoms with Gasteiger partial charge in [-0.05, 0) is 19.1 Å². The third kappa shape index (κ3) is 3.23. The van der Waals surface area contributed by atoms with Crippen molar-refractivity contribution in [2.24, 2.45) is 0 Å². The molecular formula is C10H11N3O. The Morgan fingerprint density at radius 3 is 3.07 bits per heavy atom. The molecule has 72 valence electrons. The molecule has 1 aromatic rings. The van der Waals surface area contributed by atoms with E-state index < -0.39 is 0 Å². The van der Waals surface area contributed by atoms with E-state index in [2.05, 4.69) is 10.3 Å². The molecule has 0 bridgehead atoms. The number of nitrogens with zero attached hydrogens (tertiary/aromatic N) is 2. The molecule has 0 radical (unpaired) electrons. The number of nitrogens with one attached hydrogen (secondary N) is 1. The van der Waals surface area contributed by atoms with E-state index in [0.717, 1.165) is 11.4 Å². The van der Waals surface area contributed by atoms with Gasteiger partial charge in [0.2, 0.25) is 5.91 Å². The average Bonchev–Trinajstić information content (AvgIpc) is 2.15. The smallest absolute Gasteiger partial charge is 0.234 e. The van der Waals surface area contributed by atoms with Gasteiger partial charge in [0.15, 0.2) is 0 Å². The van der Waals surface area contributed by atoms with Gasteiger partial charge in [0.1, 0.15) is 6.42 Å². The topological polar surface area (TPSA) is 65.8 Å². The van der Waals surface area contributed by atoms with Gasteiger partial charge in [-0.3, -0.25) is 9.78 Å². The van der Waals surface area contributed by atoms with E-state index in [9.17, 15) is 4.79 Å². The van der Waals surface area contributed by atoms with Crippen molar-refractivity contribution in [3.8, 4) is 6.07 Å². The van der Waals surface area contributed by atoms with E-state index in [1.165, 1.54) is 0 Å². The SMILES string of the molecule is Cc1cccc(CNC(=O)CC#N)n1. The fraction of sp³-hybridized carbons (Fsp3) is 0.300. The van der Waals surface area contributed by atoms with Crippen LogP contribution in [0.15, 0.2) is 18.2 Å². The molecule has 0 atom stereocenters. The second-order valence-electron chi connectivity index (χ2n) is 2.88. The molecule has 0 aliphatic heterocycles. The van der Waals surface area contributed by atoms with Crippen molar-refractivity contribution in [2.45, 2.75) is 19.9 Å². The Labute approximate surface area is 82.6 Å². The maximum absolute atomic E-state index is 10.9. The molecule has 0 saturated heterocycles. The highest BCUT2D eigenvalue weighted by Gasteiger charge is 2.00. The van der Waals surface area contributed by atoms with Crippen molar-refractivity contribution in [1.82, 2.24) is 10.3 Å². The van der Waals surface area contributed by atoms with Crippen LogP contribution in [0.5, 0.6) is 0 Å². The van der Waals surface area contributed by atoms with Gasteiger partial charge in [-0.15, -0.1) is 0 Å². The van der Waals surface area contributed by atoms with E-state index in [4.69, 9.17) is 5.26 Å². The number of hydrogen-bond acceptors (Lipinski definition) is 3. The largest absolute Gasteiger partial charge is 0.350 e. The normalized spacial score (nSPS) is 9.14. The van der Waals surface area contributed by atoms with Crippen LogP contribution in [0.1, 0.15) is 17.8 Å². The highest BCUT2D eigenvalue weighted by Crippen LogP contribution is 1.97. The number of pyridine rings is 1. The van der Waals surface area contributed by atoms with Crippen LogP contribution >= 0.6 is 0 Å². The number of carbonyl (C=O) groups excluding carboxylic acids is 1. The summed E-state index contributed by atoms with van der Waals surface area (Å²) in [5, 5.41) is 10.9. The molecule has 1 N–H and O–H groups in total. The van der Waals surface area contributed by atoms with Crippen molar-refractivity contribution in [2.75, 3.05) is 0 Å². The number of hydrogen-bond donors (Lipinski definition) is 1. The van der Waals surface area contributed by atoms with Gasteiger partial charge in [0, 0.05) is 5.69 Å². The van der Waals surface area contributed by atoms with Crippen molar-refractivity contribution in [1.29, 1.82) is 5.26 Å². The number of aromatic nitrogens is 1. The number of aryl methyl sites for hydroxylation is 1. The molecule has 1 aromatic heterocycles. The Balaban J connectivity index is 2.46. The van der Waals surface area contributed by atoms with E-state index in [1.54, 1.807) is 6.07 Å². The Bertz CT molecular complexity index is 368. The minimum absolute atomic E-state index is 0.105. The van der Waals surface area contributed by atoms with Gasteiger partial charge >= 0.3 is 0 Å². The molecule has 14 heavy (non-hydrogen) atoms. The molecule has 0 aliphatic carbocycles. The zero-order chi connectivity index (χ0) is 10.4. The average molecular weight is 189 g/mol. The summed E-state index contributed by atoms with van der Waals surface area (Å²) in [6.07, 6.45) is -0.105. The first kappa shape index (κ1) is 10.2. The van der Waals surface area contributed by atoms with Gasteiger partial charge in [-0.2, -0.15) is 5.26 Å². The van der Waals surface area contributed by atoms with Gasteiger partial charge in [0.05, 0.1) is 18.3 Å². The zero-order valence-corrected chi connectivity index (χ0v) is 7.95. The van der Waals surface area contributed by atoms with Gasteiger partial charge < -0.3 is 5.32 Å². The molecular weight excluding hydrogens is 178 g/mol. The van der Waals surface area contributed by atoms with Crippen LogP contribution < -0.4 is 5.32 Å². The Hall–Kier alpha value is -1.89. The van der Waals surface area contributed by atoms with Crippen molar-refractivity contribution in [3.63, 3.8) is 0 Å². The molecule has 0 saturated carbocycles. The van der Waals surface area contributed by atoms with Gasteiger partial charge in [0.25, 0.3) is 0 Å². The van der Waals surface area contributed by atoms with Crippen molar-refractivity contribution < 1.29 is 4.79 Å². The molecule has 0 aliphatic rings. The van der Waals surface area contributed by atoms with Crippen LogP contribution in [0.4, 0.5) is 0 Å². The Morgan fingerprint density at radius 1 is 1.64 bits per heavy atom. The first-order valence-electron chi connectivity index (χ1n) is 4.28. The summed E-state index contributed by atoms with van der Waals surface area (Å²) >= 11 is 0. The van der Waals surface area contributed by atoms with Crippen LogP contribution in [0.25, 0.3) is 0 Å². The Kier molecular flexibility index (Phi) is 3.62. The van der Waals surface area contributed by atoms with E-state index >= 15 is 0 Å². The number of amides is 1. The number of nitriles is 1. The van der Waals surface area contributed by atoms with Crippen molar-refractivity contribution >= 4 is 5.91 Å². The van der Waals surface area contributed by atoms with Crippen LogP contribution in [-0.4, -0.2) is 10.9 Å². The second-order valence-corrected chi connectivity index (χ2v) is 2.88. The molecule has 1 rings (SSSR count). The summed E-state index contributed by atoms with van der Waals surface area (Å²) in [5.74, 6) is -0.268.